The standard InChI is InChI=1S/C26H27FN4O3.C21H23FN2O4/c1-15-20(11-17(12-22(15)27)25(34)31-18-6-5-9-29-13-18)19-8-7-16(10-21(19)23(28)32)24(33)30-14-26(2,3)4;1-11-15(8-13(20(27)28)9-17(11)22)14-6-5-12(7-16(14)18(23)25)19(26)24-10-21(2,3)4/h5-13H,14H2,1-4H3,(H2,28,32)(H,30,33)(H,31,34);5-9H,10H2,1-4H3,(H2,23,25)(H,24,26)(H,27,28). The van der Waals surface area contributed by atoms with Gasteiger partial charge in [0.25, 0.3) is 17.7 Å². The van der Waals surface area contributed by atoms with Gasteiger partial charge in [-0.2, -0.15) is 0 Å². The maximum atomic E-state index is 14.8. The summed E-state index contributed by atoms with van der Waals surface area (Å²) in [5.74, 6) is -5.45. The molecule has 0 unspecified atom stereocenters. The molecule has 0 atom stereocenters. The summed E-state index contributed by atoms with van der Waals surface area (Å²) in [6.45, 7) is 15.8. The number of nitrogens with one attached hydrogen (secondary N) is 3. The number of halogens is 2. The van der Waals surface area contributed by atoms with Gasteiger partial charge in [-0.15, -0.1) is 0 Å². The number of hydrogen-bond donors (Lipinski definition) is 6. The Morgan fingerprint density at radius 1 is 0.597 bits per heavy atom. The molecule has 324 valence electrons. The number of carbonyl (C=O) groups excluding carboxylic acids is 5. The Morgan fingerprint density at radius 3 is 1.42 bits per heavy atom. The number of hydrogen-bond acceptors (Lipinski definition) is 7. The summed E-state index contributed by atoms with van der Waals surface area (Å²) in [5.41, 5.74) is 13.2. The summed E-state index contributed by atoms with van der Waals surface area (Å²) in [4.78, 5) is 77.1. The average Bonchev–Trinajstić information content (AvgIpc) is 3.20. The lowest BCUT2D eigenvalue weighted by molar-refractivity contribution is 0.0695. The minimum absolute atomic E-state index is 0.00782. The van der Waals surface area contributed by atoms with E-state index in [1.54, 1.807) is 31.3 Å². The highest BCUT2D eigenvalue weighted by atomic mass is 19.1. The number of aromatic nitrogens is 1. The van der Waals surface area contributed by atoms with E-state index in [9.17, 15) is 42.7 Å². The van der Waals surface area contributed by atoms with E-state index in [1.807, 2.05) is 41.5 Å². The largest absolute Gasteiger partial charge is 0.478 e. The molecule has 0 aliphatic heterocycles. The molecule has 0 bridgehead atoms. The Kier molecular flexibility index (Phi) is 14.8. The molecule has 0 spiro atoms. The van der Waals surface area contributed by atoms with Crippen molar-refractivity contribution in [1.29, 1.82) is 0 Å². The normalized spacial score (nSPS) is 11.1. The van der Waals surface area contributed by atoms with Gasteiger partial charge in [0, 0.05) is 47.1 Å². The molecule has 62 heavy (non-hydrogen) atoms. The fourth-order valence-electron chi connectivity index (χ4n) is 5.96. The van der Waals surface area contributed by atoms with E-state index < -0.39 is 35.3 Å². The van der Waals surface area contributed by atoms with Gasteiger partial charge < -0.3 is 32.5 Å². The highest BCUT2D eigenvalue weighted by Gasteiger charge is 2.22. The highest BCUT2D eigenvalue weighted by molar-refractivity contribution is 6.07. The Hall–Kier alpha value is -7.29. The van der Waals surface area contributed by atoms with Crippen molar-refractivity contribution in [2.24, 2.45) is 22.3 Å². The third-order valence-corrected chi connectivity index (χ3v) is 9.35. The molecule has 13 nitrogen and oxygen atoms in total. The van der Waals surface area contributed by atoms with Crippen LogP contribution in [-0.4, -0.2) is 58.7 Å². The van der Waals surface area contributed by atoms with Gasteiger partial charge in [0.2, 0.25) is 11.8 Å². The van der Waals surface area contributed by atoms with E-state index in [0.717, 1.165) is 12.1 Å². The van der Waals surface area contributed by atoms with Crippen LogP contribution < -0.4 is 27.4 Å². The quantitative estimate of drug-likeness (QED) is 0.0771. The van der Waals surface area contributed by atoms with Gasteiger partial charge in [-0.3, -0.25) is 29.0 Å². The Morgan fingerprint density at radius 2 is 1.03 bits per heavy atom. The molecule has 5 rings (SSSR count). The maximum Gasteiger partial charge on any atom is 0.335 e. The Bertz CT molecular complexity index is 2560. The van der Waals surface area contributed by atoms with Crippen molar-refractivity contribution in [2.45, 2.75) is 55.4 Å². The van der Waals surface area contributed by atoms with Crippen LogP contribution in [0.25, 0.3) is 22.3 Å². The summed E-state index contributed by atoms with van der Waals surface area (Å²) < 4.78 is 29.0. The van der Waals surface area contributed by atoms with Crippen LogP contribution in [0.5, 0.6) is 0 Å². The Labute approximate surface area is 358 Å². The molecule has 5 amide bonds. The summed E-state index contributed by atoms with van der Waals surface area (Å²) in [6, 6.07) is 16.9. The first kappa shape index (κ1) is 47.4. The van der Waals surface area contributed by atoms with Crippen molar-refractivity contribution < 1.29 is 42.7 Å². The first-order chi connectivity index (χ1) is 28.9. The molecular weight excluding hydrogens is 799 g/mol. The third kappa shape index (κ3) is 12.4. The minimum atomic E-state index is -1.29. The lowest BCUT2D eigenvalue weighted by Crippen LogP contribution is -2.32. The monoisotopic (exact) mass is 848 g/mol. The fourth-order valence-corrected chi connectivity index (χ4v) is 5.96. The Balaban J connectivity index is 0.000000278. The summed E-state index contributed by atoms with van der Waals surface area (Å²) >= 11 is 0. The molecule has 1 aromatic heterocycles. The number of aromatic carboxylic acids is 1. The number of carboxylic acid groups (broad SMARTS) is 1. The van der Waals surface area contributed by atoms with E-state index in [0.29, 0.717) is 29.9 Å². The molecule has 0 fully saturated rings. The van der Waals surface area contributed by atoms with Gasteiger partial charge in [0.1, 0.15) is 11.6 Å². The number of nitrogens with two attached hydrogens (primary N) is 2. The number of anilines is 1. The second-order valence-electron chi connectivity index (χ2n) is 17.0. The zero-order valence-electron chi connectivity index (χ0n) is 35.8. The second kappa shape index (κ2) is 19.4. The van der Waals surface area contributed by atoms with Crippen molar-refractivity contribution in [1.82, 2.24) is 15.6 Å². The van der Waals surface area contributed by atoms with Crippen LogP contribution >= 0.6 is 0 Å². The van der Waals surface area contributed by atoms with Crippen LogP contribution in [-0.2, 0) is 0 Å². The van der Waals surface area contributed by atoms with E-state index in [1.165, 1.54) is 55.6 Å². The van der Waals surface area contributed by atoms with Gasteiger partial charge in [-0.1, -0.05) is 53.7 Å². The molecule has 0 saturated carbocycles. The number of amides is 5. The van der Waals surface area contributed by atoms with Gasteiger partial charge in [0.15, 0.2) is 0 Å². The van der Waals surface area contributed by atoms with Gasteiger partial charge in [-0.25, -0.2) is 13.6 Å². The number of nitrogens with zero attached hydrogens (tertiary/aromatic N) is 1. The zero-order valence-corrected chi connectivity index (χ0v) is 35.8. The zero-order chi connectivity index (χ0) is 46.3. The van der Waals surface area contributed by atoms with Crippen LogP contribution in [0.2, 0.25) is 0 Å². The molecule has 0 radical (unpaired) electrons. The first-order valence-electron chi connectivity index (χ1n) is 19.4. The van der Waals surface area contributed by atoms with Crippen LogP contribution in [0, 0.1) is 36.3 Å². The lowest BCUT2D eigenvalue weighted by atomic mass is 9.92. The van der Waals surface area contributed by atoms with Crippen molar-refractivity contribution in [3.8, 4) is 22.3 Å². The van der Waals surface area contributed by atoms with E-state index >= 15 is 0 Å². The van der Waals surface area contributed by atoms with Crippen molar-refractivity contribution in [3.63, 3.8) is 0 Å². The molecule has 1 heterocycles. The third-order valence-electron chi connectivity index (χ3n) is 9.35. The molecule has 15 heteroatoms. The molecule has 5 aromatic rings. The molecule has 8 N–H and O–H groups in total. The highest BCUT2D eigenvalue weighted by Crippen LogP contribution is 2.32. The maximum absolute atomic E-state index is 14.8. The summed E-state index contributed by atoms with van der Waals surface area (Å²) in [6.07, 6.45) is 3.04. The smallest absolute Gasteiger partial charge is 0.335 e. The van der Waals surface area contributed by atoms with Crippen molar-refractivity contribution in [2.75, 3.05) is 18.4 Å². The first-order valence-corrected chi connectivity index (χ1v) is 19.4. The van der Waals surface area contributed by atoms with E-state index in [2.05, 4.69) is 20.9 Å². The number of carboxylic acids is 1. The fraction of sp³-hybridized carbons (Fsp3) is 0.255. The molecular formula is C47H50F2N6O7. The summed E-state index contributed by atoms with van der Waals surface area (Å²) in [5, 5.41) is 17.4. The minimum Gasteiger partial charge on any atom is -0.478 e. The van der Waals surface area contributed by atoms with Gasteiger partial charge in [-0.05, 0) is 119 Å². The molecule has 0 aliphatic rings. The number of carbonyl (C=O) groups is 6. The van der Waals surface area contributed by atoms with E-state index in [-0.39, 0.29) is 78.3 Å². The topological polar surface area (TPSA) is 224 Å². The number of rotatable bonds is 11. The van der Waals surface area contributed by atoms with E-state index in [4.69, 9.17) is 11.5 Å². The van der Waals surface area contributed by atoms with Gasteiger partial charge in [0.05, 0.1) is 17.4 Å². The second-order valence-corrected chi connectivity index (χ2v) is 17.0. The average molecular weight is 849 g/mol. The molecule has 0 saturated heterocycles. The van der Waals surface area contributed by atoms with Crippen LogP contribution in [0.4, 0.5) is 14.5 Å². The van der Waals surface area contributed by atoms with Crippen LogP contribution in [0.1, 0.15) is 115 Å². The van der Waals surface area contributed by atoms with Crippen molar-refractivity contribution in [3.05, 3.63) is 141 Å². The molecule has 0 aliphatic carbocycles. The van der Waals surface area contributed by atoms with Crippen LogP contribution in [0.3, 0.4) is 0 Å². The number of benzene rings is 4. The lowest BCUT2D eigenvalue weighted by Gasteiger charge is -2.19. The predicted molar refractivity (Wildman–Crippen MR) is 233 cm³/mol. The predicted octanol–water partition coefficient (Wildman–Crippen LogP) is 7.70. The summed E-state index contributed by atoms with van der Waals surface area (Å²) in [7, 11) is 0. The van der Waals surface area contributed by atoms with Crippen molar-refractivity contribution >= 4 is 41.2 Å². The number of primary amides is 2. The van der Waals surface area contributed by atoms with Gasteiger partial charge >= 0.3 is 5.97 Å². The molecule has 4 aromatic carbocycles. The SMILES string of the molecule is Cc1c(F)cc(C(=O)Nc2cccnc2)cc1-c1ccc(C(=O)NCC(C)(C)C)cc1C(N)=O.Cc1c(F)cc(C(=O)O)cc1-c1ccc(C(=O)NCC(C)(C)C)cc1C(N)=O. The number of pyridine rings is 1. The van der Waals surface area contributed by atoms with Crippen LogP contribution in [0.15, 0.2) is 85.2 Å².